The zero-order valence-corrected chi connectivity index (χ0v) is 19.3. The van der Waals surface area contributed by atoms with Gasteiger partial charge in [-0.1, -0.05) is 84.9 Å². The number of rotatable bonds is 7. The van der Waals surface area contributed by atoms with E-state index < -0.39 is 5.41 Å². The molecule has 0 bridgehead atoms. The highest BCUT2D eigenvalue weighted by molar-refractivity contribution is 6.00. The number of hydrogen-bond donors (Lipinski definition) is 0. The highest BCUT2D eigenvalue weighted by Gasteiger charge is 2.62. The predicted molar refractivity (Wildman–Crippen MR) is 133 cm³/mol. The molecule has 5 rings (SSSR count). The molecular formula is C30H27NO3. The fraction of sp³-hybridized carbons (Fsp3) is 0.167. The van der Waals surface area contributed by atoms with Crippen molar-refractivity contribution in [3.63, 3.8) is 0 Å². The minimum atomic E-state index is -0.853. The minimum Gasteiger partial charge on any atom is -0.497 e. The van der Waals surface area contributed by atoms with Crippen LogP contribution in [0.2, 0.25) is 0 Å². The summed E-state index contributed by atoms with van der Waals surface area (Å²) < 4.78 is 10.8. The Kier molecular flexibility index (Phi) is 5.81. The van der Waals surface area contributed by atoms with Gasteiger partial charge in [0, 0.05) is 6.54 Å². The van der Waals surface area contributed by atoms with Crippen LogP contribution in [-0.2, 0) is 16.8 Å². The lowest BCUT2D eigenvalue weighted by Gasteiger charge is -2.57. The van der Waals surface area contributed by atoms with E-state index in [4.69, 9.17) is 9.47 Å². The molecule has 1 saturated heterocycles. The van der Waals surface area contributed by atoms with Crippen molar-refractivity contribution < 1.29 is 14.3 Å². The Morgan fingerprint density at radius 3 is 1.62 bits per heavy atom. The molecule has 1 amide bonds. The summed E-state index contributed by atoms with van der Waals surface area (Å²) in [6, 6.07) is 36.0. The second-order valence-corrected chi connectivity index (χ2v) is 8.50. The van der Waals surface area contributed by atoms with Crippen molar-refractivity contribution >= 4 is 5.91 Å². The summed E-state index contributed by atoms with van der Waals surface area (Å²) in [4.78, 5) is 16.2. The van der Waals surface area contributed by atoms with Crippen LogP contribution in [0.1, 0.15) is 28.3 Å². The van der Waals surface area contributed by atoms with Crippen LogP contribution in [0.4, 0.5) is 0 Å². The largest absolute Gasteiger partial charge is 0.497 e. The van der Waals surface area contributed by atoms with E-state index in [2.05, 4.69) is 24.3 Å². The molecule has 4 aromatic rings. The van der Waals surface area contributed by atoms with Crippen molar-refractivity contribution in [2.45, 2.75) is 18.0 Å². The van der Waals surface area contributed by atoms with E-state index in [1.165, 1.54) is 0 Å². The first-order chi connectivity index (χ1) is 16.7. The smallest absolute Gasteiger partial charge is 0.241 e. The lowest BCUT2D eigenvalue weighted by atomic mass is 9.59. The van der Waals surface area contributed by atoms with Gasteiger partial charge in [-0.15, -0.1) is 0 Å². The number of carbonyl (C=O) groups excluding carboxylic acids is 1. The van der Waals surface area contributed by atoms with Gasteiger partial charge in [0.2, 0.25) is 5.91 Å². The summed E-state index contributed by atoms with van der Waals surface area (Å²) in [5.41, 5.74) is 3.25. The number of methoxy groups -OCH3 is 2. The molecule has 34 heavy (non-hydrogen) atoms. The quantitative estimate of drug-likeness (QED) is 0.336. The van der Waals surface area contributed by atoms with E-state index in [0.29, 0.717) is 6.54 Å². The molecule has 4 heteroatoms. The van der Waals surface area contributed by atoms with Crippen molar-refractivity contribution in [1.82, 2.24) is 4.90 Å². The van der Waals surface area contributed by atoms with Crippen LogP contribution in [-0.4, -0.2) is 25.0 Å². The van der Waals surface area contributed by atoms with Gasteiger partial charge < -0.3 is 14.4 Å². The normalized spacial score (nSPS) is 16.6. The summed E-state index contributed by atoms with van der Waals surface area (Å²) in [7, 11) is 3.30. The minimum absolute atomic E-state index is 0.0838. The number of amides is 1. The van der Waals surface area contributed by atoms with Crippen LogP contribution in [0.15, 0.2) is 109 Å². The molecule has 170 valence electrons. The summed E-state index contributed by atoms with van der Waals surface area (Å²) in [6.45, 7) is 0.549. The number of hydrogen-bond acceptors (Lipinski definition) is 3. The van der Waals surface area contributed by atoms with Crippen molar-refractivity contribution in [2.75, 3.05) is 14.2 Å². The van der Waals surface area contributed by atoms with E-state index in [1.807, 2.05) is 89.8 Å². The van der Waals surface area contributed by atoms with Gasteiger partial charge in [0.25, 0.3) is 0 Å². The topological polar surface area (TPSA) is 38.8 Å². The van der Waals surface area contributed by atoms with Crippen LogP contribution in [0, 0.1) is 0 Å². The van der Waals surface area contributed by atoms with E-state index in [0.717, 1.165) is 33.8 Å². The third kappa shape index (κ3) is 3.52. The molecule has 0 radical (unpaired) electrons. The van der Waals surface area contributed by atoms with Gasteiger partial charge in [0.15, 0.2) is 0 Å². The Labute approximate surface area is 200 Å². The fourth-order valence-corrected chi connectivity index (χ4v) is 5.07. The monoisotopic (exact) mass is 449 g/mol. The average Bonchev–Trinajstić information content (AvgIpc) is 2.91. The number of nitrogens with zero attached hydrogens (tertiary/aromatic N) is 1. The summed E-state index contributed by atoms with van der Waals surface area (Å²) >= 11 is 0. The molecule has 0 spiro atoms. The number of β-lactam (4-membered cyclic amide) rings is 1. The molecular weight excluding hydrogens is 422 g/mol. The fourth-order valence-electron chi connectivity index (χ4n) is 5.07. The van der Waals surface area contributed by atoms with Gasteiger partial charge in [0.1, 0.15) is 16.9 Å². The lowest BCUT2D eigenvalue weighted by Crippen LogP contribution is -2.66. The third-order valence-corrected chi connectivity index (χ3v) is 6.72. The Morgan fingerprint density at radius 2 is 1.15 bits per heavy atom. The Morgan fingerprint density at radius 1 is 0.676 bits per heavy atom. The maximum atomic E-state index is 14.2. The first-order valence-electron chi connectivity index (χ1n) is 11.4. The highest BCUT2D eigenvalue weighted by Crippen LogP contribution is 2.56. The van der Waals surface area contributed by atoms with Crippen molar-refractivity contribution in [1.29, 1.82) is 0 Å². The lowest BCUT2D eigenvalue weighted by molar-refractivity contribution is -0.159. The number of carbonyl (C=O) groups is 1. The van der Waals surface area contributed by atoms with Crippen molar-refractivity contribution in [3.05, 3.63) is 131 Å². The van der Waals surface area contributed by atoms with E-state index in [9.17, 15) is 4.79 Å². The second kappa shape index (κ2) is 9.06. The number of benzene rings is 4. The predicted octanol–water partition coefficient (Wildman–Crippen LogP) is 5.77. The Hall–Kier alpha value is -4.05. The zero-order valence-electron chi connectivity index (χ0n) is 19.3. The number of ether oxygens (including phenoxy) is 2. The van der Waals surface area contributed by atoms with E-state index >= 15 is 0 Å². The van der Waals surface area contributed by atoms with Gasteiger partial charge in [-0.25, -0.2) is 0 Å². The molecule has 1 aliphatic heterocycles. The van der Waals surface area contributed by atoms with Crippen LogP contribution < -0.4 is 9.47 Å². The van der Waals surface area contributed by atoms with Gasteiger partial charge in [-0.05, 0) is 46.5 Å². The van der Waals surface area contributed by atoms with Crippen LogP contribution in [0.3, 0.4) is 0 Å². The third-order valence-electron chi connectivity index (χ3n) is 6.72. The summed E-state index contributed by atoms with van der Waals surface area (Å²) in [5, 5.41) is 0. The van der Waals surface area contributed by atoms with Crippen molar-refractivity contribution in [3.8, 4) is 11.5 Å². The molecule has 1 atom stereocenters. The highest BCUT2D eigenvalue weighted by atomic mass is 16.5. The molecule has 1 heterocycles. The summed E-state index contributed by atoms with van der Waals surface area (Å²) in [5.74, 6) is 1.61. The molecule has 1 unspecified atom stereocenters. The first kappa shape index (κ1) is 21.8. The van der Waals surface area contributed by atoms with Gasteiger partial charge >= 0.3 is 0 Å². The van der Waals surface area contributed by atoms with Crippen molar-refractivity contribution in [2.24, 2.45) is 0 Å². The Balaban J connectivity index is 1.69. The molecule has 4 nitrogen and oxygen atoms in total. The van der Waals surface area contributed by atoms with E-state index in [1.54, 1.807) is 14.2 Å². The Bertz CT molecular complexity index is 1200. The first-order valence-corrected chi connectivity index (χ1v) is 11.4. The SMILES string of the molecule is COc1ccc(C2(c3ccc(OC)cc3)C(=O)N(Cc3ccccc3)C2c2ccccc2)cc1. The van der Waals surface area contributed by atoms with Crippen LogP contribution in [0.25, 0.3) is 0 Å². The maximum absolute atomic E-state index is 14.2. The maximum Gasteiger partial charge on any atom is 0.241 e. The molecule has 0 aliphatic carbocycles. The molecule has 1 fully saturated rings. The van der Waals surface area contributed by atoms with Crippen LogP contribution in [0.5, 0.6) is 11.5 Å². The molecule has 0 saturated carbocycles. The molecule has 1 aliphatic rings. The zero-order chi connectivity index (χ0) is 23.5. The van der Waals surface area contributed by atoms with Crippen LogP contribution >= 0.6 is 0 Å². The second-order valence-electron chi connectivity index (χ2n) is 8.50. The van der Waals surface area contributed by atoms with Gasteiger partial charge in [0.05, 0.1) is 20.3 Å². The standard InChI is InChI=1S/C30H27NO3/c1-33-26-17-13-24(14-18-26)30(25-15-19-27(34-2)20-16-25)28(23-11-7-4-8-12-23)31(29(30)32)21-22-9-5-3-6-10-22/h3-20,28H,21H2,1-2H3. The van der Waals surface area contributed by atoms with Gasteiger partial charge in [-0.3, -0.25) is 4.79 Å². The molecule has 4 aromatic carbocycles. The molecule has 0 N–H and O–H groups in total. The average molecular weight is 450 g/mol. The van der Waals surface area contributed by atoms with E-state index in [-0.39, 0.29) is 11.9 Å². The summed E-state index contributed by atoms with van der Waals surface area (Å²) in [6.07, 6.45) is 0. The number of likely N-dealkylation sites (tertiary alicyclic amines) is 1. The molecule has 0 aromatic heterocycles. The van der Waals surface area contributed by atoms with Gasteiger partial charge in [-0.2, -0.15) is 0 Å².